The Bertz CT molecular complexity index is 1510. The second kappa shape index (κ2) is 9.89. The summed E-state index contributed by atoms with van der Waals surface area (Å²) in [6, 6.07) is 9.70. The van der Waals surface area contributed by atoms with E-state index >= 15 is 0 Å². The number of thiazole rings is 1. The van der Waals surface area contributed by atoms with Crippen molar-refractivity contribution in [3.05, 3.63) is 87.4 Å². The number of carbonyl (C=O) groups is 1. The van der Waals surface area contributed by atoms with Crippen LogP contribution in [0.5, 0.6) is 11.5 Å². The zero-order valence-electron chi connectivity index (χ0n) is 18.5. The van der Waals surface area contributed by atoms with Crippen LogP contribution in [0.15, 0.2) is 66.4 Å². The van der Waals surface area contributed by atoms with Crippen LogP contribution in [0.4, 0.5) is 0 Å². The second-order valence-electron chi connectivity index (χ2n) is 7.41. The molecule has 0 amide bonds. The number of aromatic hydroxyl groups is 1. The summed E-state index contributed by atoms with van der Waals surface area (Å²) in [5.41, 5.74) is 1.98. The maximum Gasteiger partial charge on any atom is 0.338 e. The maximum absolute atomic E-state index is 13.6. The standard InChI is InChI=1S/C24H20Br2N2O5S/c1-4-33-23(31)20-12(2)27-24-28(21(20)14-6-8-18(32-3)16(26)11-14)22(30)19(34-24)10-13-5-7-17(29)15(25)9-13/h5-11,21,29H,4H2,1-3H3/b19-10+/t21-/m0/s1. The van der Waals surface area contributed by atoms with Crippen molar-refractivity contribution in [2.75, 3.05) is 13.7 Å². The lowest BCUT2D eigenvalue weighted by Crippen LogP contribution is -2.39. The molecule has 7 nitrogen and oxygen atoms in total. The van der Waals surface area contributed by atoms with E-state index in [0.29, 0.717) is 40.9 Å². The minimum Gasteiger partial charge on any atom is -0.507 e. The summed E-state index contributed by atoms with van der Waals surface area (Å²) in [6.45, 7) is 3.68. The fraction of sp³-hybridized carbons (Fsp3) is 0.208. The molecule has 0 fully saturated rings. The van der Waals surface area contributed by atoms with Gasteiger partial charge in [0, 0.05) is 0 Å². The van der Waals surface area contributed by atoms with E-state index in [1.165, 1.54) is 15.9 Å². The lowest BCUT2D eigenvalue weighted by Gasteiger charge is -2.25. The molecular weight excluding hydrogens is 588 g/mol. The van der Waals surface area contributed by atoms with Gasteiger partial charge in [-0.15, -0.1) is 0 Å². The van der Waals surface area contributed by atoms with Gasteiger partial charge in [-0.3, -0.25) is 9.36 Å². The van der Waals surface area contributed by atoms with Gasteiger partial charge >= 0.3 is 5.97 Å². The van der Waals surface area contributed by atoms with Crippen LogP contribution < -0.4 is 19.6 Å². The van der Waals surface area contributed by atoms with Crippen molar-refractivity contribution < 1.29 is 19.4 Å². The van der Waals surface area contributed by atoms with Crippen LogP contribution in [0.2, 0.25) is 0 Å². The molecular formula is C24H20Br2N2O5S. The molecule has 0 aliphatic carbocycles. The molecule has 2 aromatic carbocycles. The van der Waals surface area contributed by atoms with Crippen LogP contribution >= 0.6 is 43.2 Å². The van der Waals surface area contributed by atoms with E-state index in [9.17, 15) is 14.7 Å². The third-order valence-electron chi connectivity index (χ3n) is 5.28. The Hall–Kier alpha value is -2.69. The molecule has 0 saturated heterocycles. The van der Waals surface area contributed by atoms with Gasteiger partial charge in [0.1, 0.15) is 11.5 Å². The largest absolute Gasteiger partial charge is 0.507 e. The number of ether oxygens (including phenoxy) is 2. The highest BCUT2D eigenvalue weighted by molar-refractivity contribution is 9.10. The maximum atomic E-state index is 13.6. The Morgan fingerprint density at radius 3 is 2.65 bits per heavy atom. The Morgan fingerprint density at radius 2 is 2.00 bits per heavy atom. The quantitative estimate of drug-likeness (QED) is 0.442. The van der Waals surface area contributed by atoms with E-state index in [-0.39, 0.29) is 17.9 Å². The number of benzene rings is 2. The first-order valence-corrected chi connectivity index (χ1v) is 12.7. The molecule has 1 N–H and O–H groups in total. The molecule has 3 aromatic rings. The van der Waals surface area contributed by atoms with Crippen molar-refractivity contribution in [2.45, 2.75) is 19.9 Å². The number of phenols is 1. The lowest BCUT2D eigenvalue weighted by molar-refractivity contribution is -0.139. The monoisotopic (exact) mass is 606 g/mol. The number of hydrogen-bond donors (Lipinski definition) is 1. The molecule has 0 radical (unpaired) electrons. The van der Waals surface area contributed by atoms with E-state index in [1.807, 2.05) is 12.1 Å². The molecule has 34 heavy (non-hydrogen) atoms. The molecule has 0 bridgehead atoms. The average molecular weight is 608 g/mol. The Kier molecular flexibility index (Phi) is 7.11. The van der Waals surface area contributed by atoms with Gasteiger partial charge in [-0.25, -0.2) is 9.79 Å². The summed E-state index contributed by atoms with van der Waals surface area (Å²) in [5, 5.41) is 9.77. The van der Waals surface area contributed by atoms with Crippen molar-refractivity contribution in [1.29, 1.82) is 0 Å². The highest BCUT2D eigenvalue weighted by Gasteiger charge is 2.33. The van der Waals surface area contributed by atoms with Crippen molar-refractivity contribution in [3.8, 4) is 11.5 Å². The van der Waals surface area contributed by atoms with Crippen LogP contribution in [-0.2, 0) is 9.53 Å². The molecule has 0 spiro atoms. The second-order valence-corrected chi connectivity index (χ2v) is 10.1. The van der Waals surface area contributed by atoms with Gasteiger partial charge in [0.2, 0.25) is 0 Å². The van der Waals surface area contributed by atoms with E-state index in [1.54, 1.807) is 51.3 Å². The SMILES string of the molecule is CCOC(=O)C1=C(C)N=c2s/c(=C/c3ccc(O)c(Br)c3)c(=O)n2[C@H]1c1ccc(OC)c(Br)c1. The van der Waals surface area contributed by atoms with Gasteiger partial charge < -0.3 is 14.6 Å². The fourth-order valence-corrected chi connectivity index (χ4v) is 5.73. The molecule has 2 heterocycles. The number of rotatable bonds is 5. The zero-order chi connectivity index (χ0) is 24.6. The fourth-order valence-electron chi connectivity index (χ4n) is 3.72. The van der Waals surface area contributed by atoms with E-state index in [4.69, 9.17) is 9.47 Å². The van der Waals surface area contributed by atoms with Crippen LogP contribution in [0.3, 0.4) is 0 Å². The first-order chi connectivity index (χ1) is 16.2. The van der Waals surface area contributed by atoms with E-state index in [2.05, 4.69) is 36.9 Å². The third kappa shape index (κ3) is 4.49. The topological polar surface area (TPSA) is 90.1 Å². The molecule has 1 aromatic heterocycles. The number of nitrogens with zero attached hydrogens (tertiary/aromatic N) is 2. The van der Waals surface area contributed by atoms with Crippen LogP contribution in [-0.4, -0.2) is 29.4 Å². The number of aromatic nitrogens is 1. The van der Waals surface area contributed by atoms with Gasteiger partial charge in [0.25, 0.3) is 5.56 Å². The number of allylic oxidation sites excluding steroid dienone is 1. The van der Waals surface area contributed by atoms with Crippen molar-refractivity contribution in [1.82, 2.24) is 4.57 Å². The molecule has 176 valence electrons. The predicted octanol–water partition coefficient (Wildman–Crippen LogP) is 4.04. The van der Waals surface area contributed by atoms with Crippen molar-refractivity contribution in [2.24, 2.45) is 4.99 Å². The van der Waals surface area contributed by atoms with Gasteiger partial charge in [0.15, 0.2) is 4.80 Å². The minimum atomic E-state index is -0.716. The molecule has 0 unspecified atom stereocenters. The van der Waals surface area contributed by atoms with Gasteiger partial charge in [-0.05, 0) is 87.2 Å². The minimum absolute atomic E-state index is 0.110. The summed E-state index contributed by atoms with van der Waals surface area (Å²) in [7, 11) is 1.57. The van der Waals surface area contributed by atoms with Crippen molar-refractivity contribution in [3.63, 3.8) is 0 Å². The number of methoxy groups -OCH3 is 1. The average Bonchev–Trinajstić information content (AvgIpc) is 3.09. The van der Waals surface area contributed by atoms with Gasteiger partial charge in [-0.1, -0.05) is 23.5 Å². The summed E-state index contributed by atoms with van der Waals surface area (Å²) in [6.07, 6.45) is 1.73. The van der Waals surface area contributed by atoms with Crippen LogP contribution in [0.25, 0.3) is 6.08 Å². The summed E-state index contributed by atoms with van der Waals surface area (Å²) >= 11 is 8.04. The molecule has 0 saturated carbocycles. The number of carbonyl (C=O) groups excluding carboxylic acids is 1. The number of phenolic OH excluding ortho intramolecular Hbond substituents is 1. The zero-order valence-corrected chi connectivity index (χ0v) is 22.5. The van der Waals surface area contributed by atoms with Gasteiger partial charge in [0.05, 0.1) is 44.5 Å². The molecule has 10 heteroatoms. The van der Waals surface area contributed by atoms with Crippen molar-refractivity contribution >= 4 is 55.2 Å². The Labute approximate surface area is 215 Å². The molecule has 4 rings (SSSR count). The van der Waals surface area contributed by atoms with E-state index < -0.39 is 12.0 Å². The normalized spacial score (nSPS) is 15.7. The number of fused-ring (bicyclic) bond motifs is 1. The van der Waals surface area contributed by atoms with Crippen LogP contribution in [0.1, 0.15) is 31.0 Å². The summed E-state index contributed by atoms with van der Waals surface area (Å²) < 4.78 is 13.9. The highest BCUT2D eigenvalue weighted by Crippen LogP contribution is 2.35. The first-order valence-electron chi connectivity index (χ1n) is 10.3. The predicted molar refractivity (Wildman–Crippen MR) is 137 cm³/mol. The van der Waals surface area contributed by atoms with Crippen LogP contribution in [0, 0.1) is 0 Å². The summed E-state index contributed by atoms with van der Waals surface area (Å²) in [4.78, 5) is 31.6. The molecule has 1 aliphatic heterocycles. The Balaban J connectivity index is 1.96. The molecule has 1 atom stereocenters. The number of halogens is 2. The lowest BCUT2D eigenvalue weighted by atomic mass is 9.96. The molecule has 1 aliphatic rings. The third-order valence-corrected chi connectivity index (χ3v) is 7.52. The summed E-state index contributed by atoms with van der Waals surface area (Å²) in [5.74, 6) is 0.225. The number of hydrogen-bond acceptors (Lipinski definition) is 7. The van der Waals surface area contributed by atoms with E-state index in [0.717, 1.165) is 5.56 Å². The smallest absolute Gasteiger partial charge is 0.338 e. The highest BCUT2D eigenvalue weighted by atomic mass is 79.9. The Morgan fingerprint density at radius 1 is 1.24 bits per heavy atom. The first kappa shape index (κ1) is 24.4. The van der Waals surface area contributed by atoms with Gasteiger partial charge in [-0.2, -0.15) is 0 Å². The number of esters is 1.